The van der Waals surface area contributed by atoms with Gasteiger partial charge in [-0.2, -0.15) is 4.72 Å². The molecule has 1 heterocycles. The molecule has 22 heavy (non-hydrogen) atoms. The molecule has 1 fully saturated rings. The topological polar surface area (TPSA) is 66.5 Å². The van der Waals surface area contributed by atoms with Gasteiger partial charge in [0.1, 0.15) is 0 Å². The molecule has 2 rings (SSSR count). The Hall–Kier alpha value is -1.66. The van der Waals surface area contributed by atoms with E-state index in [2.05, 4.69) is 4.72 Å². The molecular weight excluding hydrogens is 300 g/mol. The smallest absolute Gasteiger partial charge is 0.240 e. The number of likely N-dealkylation sites (tertiary alicyclic amines) is 1. The molecule has 0 bridgehead atoms. The zero-order valence-electron chi connectivity index (χ0n) is 13.0. The SMILES string of the molecule is Cc1ccc(C=CS(=O)(=O)NC(C)C(=O)N2CCCC2)cc1. The van der Waals surface area contributed by atoms with Crippen LogP contribution in [0.15, 0.2) is 29.7 Å². The first-order valence-corrected chi connectivity index (χ1v) is 8.98. The predicted molar refractivity (Wildman–Crippen MR) is 87.5 cm³/mol. The number of hydrogen-bond acceptors (Lipinski definition) is 3. The van der Waals surface area contributed by atoms with Gasteiger partial charge in [0.05, 0.1) is 6.04 Å². The number of amides is 1. The summed E-state index contributed by atoms with van der Waals surface area (Å²) >= 11 is 0. The molecule has 0 aromatic heterocycles. The molecule has 0 aliphatic carbocycles. The van der Waals surface area contributed by atoms with Gasteiger partial charge in [-0.15, -0.1) is 0 Å². The van der Waals surface area contributed by atoms with Crippen molar-refractivity contribution in [2.24, 2.45) is 0 Å². The molecule has 120 valence electrons. The van der Waals surface area contributed by atoms with E-state index in [-0.39, 0.29) is 5.91 Å². The standard InChI is InChI=1S/C16H22N2O3S/c1-13-5-7-15(8-6-13)9-12-22(20,21)17-14(2)16(19)18-10-3-4-11-18/h5-9,12,14,17H,3-4,10-11H2,1-2H3. The van der Waals surface area contributed by atoms with E-state index in [1.165, 1.54) is 6.08 Å². The fourth-order valence-corrected chi connectivity index (χ4v) is 3.40. The van der Waals surface area contributed by atoms with Gasteiger partial charge in [-0.05, 0) is 38.3 Å². The Morgan fingerprint density at radius 2 is 1.82 bits per heavy atom. The number of nitrogens with zero attached hydrogens (tertiary/aromatic N) is 1. The normalized spacial score (nSPS) is 17.1. The summed E-state index contributed by atoms with van der Waals surface area (Å²) < 4.78 is 26.5. The van der Waals surface area contributed by atoms with Crippen molar-refractivity contribution in [2.75, 3.05) is 13.1 Å². The Balaban J connectivity index is 1.97. The second-order valence-electron chi connectivity index (χ2n) is 5.63. The Morgan fingerprint density at radius 1 is 1.23 bits per heavy atom. The van der Waals surface area contributed by atoms with E-state index in [0.717, 1.165) is 29.4 Å². The third-order valence-corrected chi connectivity index (χ3v) is 4.82. The number of rotatable bonds is 5. The Kier molecular flexibility index (Phi) is 5.37. The van der Waals surface area contributed by atoms with Crippen molar-refractivity contribution in [1.82, 2.24) is 9.62 Å². The van der Waals surface area contributed by atoms with Gasteiger partial charge < -0.3 is 4.90 Å². The Morgan fingerprint density at radius 3 is 2.41 bits per heavy atom. The second kappa shape index (κ2) is 7.07. The molecule has 1 amide bonds. The van der Waals surface area contributed by atoms with Gasteiger partial charge in [-0.25, -0.2) is 8.42 Å². The van der Waals surface area contributed by atoms with Gasteiger partial charge in [0.25, 0.3) is 0 Å². The molecule has 0 radical (unpaired) electrons. The number of benzene rings is 1. The molecule has 1 aliphatic heterocycles. The first-order valence-electron chi connectivity index (χ1n) is 7.43. The molecule has 1 atom stereocenters. The van der Waals surface area contributed by atoms with Crippen LogP contribution in [0.25, 0.3) is 6.08 Å². The van der Waals surface area contributed by atoms with Crippen molar-refractivity contribution in [2.45, 2.75) is 32.7 Å². The lowest BCUT2D eigenvalue weighted by molar-refractivity contribution is -0.131. The van der Waals surface area contributed by atoms with Crippen LogP contribution in [-0.2, 0) is 14.8 Å². The first-order chi connectivity index (χ1) is 10.4. The van der Waals surface area contributed by atoms with E-state index in [1.807, 2.05) is 31.2 Å². The highest BCUT2D eigenvalue weighted by atomic mass is 32.2. The van der Waals surface area contributed by atoms with Gasteiger partial charge in [-0.3, -0.25) is 4.79 Å². The maximum absolute atomic E-state index is 12.1. The first kappa shape index (κ1) is 16.7. The summed E-state index contributed by atoms with van der Waals surface area (Å²) in [5.74, 6) is -0.162. The highest BCUT2D eigenvalue weighted by Crippen LogP contribution is 2.10. The molecule has 1 aromatic carbocycles. The van der Waals surface area contributed by atoms with E-state index in [1.54, 1.807) is 11.8 Å². The van der Waals surface area contributed by atoms with Crippen molar-refractivity contribution in [3.05, 3.63) is 40.8 Å². The highest BCUT2D eigenvalue weighted by Gasteiger charge is 2.25. The molecule has 1 unspecified atom stereocenters. The molecule has 5 nitrogen and oxygen atoms in total. The zero-order valence-corrected chi connectivity index (χ0v) is 13.8. The number of nitrogens with one attached hydrogen (secondary N) is 1. The third-order valence-electron chi connectivity index (χ3n) is 3.65. The van der Waals surface area contributed by atoms with Crippen LogP contribution in [0.3, 0.4) is 0 Å². The average molecular weight is 322 g/mol. The minimum absolute atomic E-state index is 0.162. The molecule has 0 spiro atoms. The number of hydrogen-bond donors (Lipinski definition) is 1. The molecule has 6 heteroatoms. The molecule has 1 aromatic rings. The summed E-state index contributed by atoms with van der Waals surface area (Å²) in [5.41, 5.74) is 1.91. The van der Waals surface area contributed by atoms with Crippen LogP contribution in [0.4, 0.5) is 0 Å². The van der Waals surface area contributed by atoms with Crippen molar-refractivity contribution >= 4 is 22.0 Å². The number of carbonyl (C=O) groups is 1. The van der Waals surface area contributed by atoms with Crippen LogP contribution in [0.2, 0.25) is 0 Å². The fraction of sp³-hybridized carbons (Fsp3) is 0.438. The number of sulfonamides is 1. The average Bonchev–Trinajstić information content (AvgIpc) is 2.99. The van der Waals surface area contributed by atoms with E-state index in [4.69, 9.17) is 0 Å². The van der Waals surface area contributed by atoms with Crippen LogP contribution in [0.1, 0.15) is 30.9 Å². The Bertz CT molecular complexity index is 644. The maximum Gasteiger partial charge on any atom is 0.240 e. The largest absolute Gasteiger partial charge is 0.341 e. The lowest BCUT2D eigenvalue weighted by atomic mass is 10.2. The van der Waals surface area contributed by atoms with E-state index >= 15 is 0 Å². The van der Waals surface area contributed by atoms with E-state index in [9.17, 15) is 13.2 Å². The lowest BCUT2D eigenvalue weighted by Crippen LogP contribution is -2.45. The molecule has 1 aliphatic rings. The van der Waals surface area contributed by atoms with Crippen molar-refractivity contribution in [3.63, 3.8) is 0 Å². The number of aryl methyl sites for hydroxylation is 1. The van der Waals surface area contributed by atoms with Gasteiger partial charge >= 0.3 is 0 Å². The van der Waals surface area contributed by atoms with Crippen LogP contribution in [-0.4, -0.2) is 38.4 Å². The lowest BCUT2D eigenvalue weighted by Gasteiger charge is -2.20. The predicted octanol–water partition coefficient (Wildman–Crippen LogP) is 1.90. The number of carbonyl (C=O) groups excluding carboxylic acids is 1. The summed E-state index contributed by atoms with van der Waals surface area (Å²) in [6, 6.07) is 6.78. The zero-order chi connectivity index (χ0) is 16.2. The summed E-state index contributed by atoms with van der Waals surface area (Å²) in [7, 11) is -3.64. The van der Waals surface area contributed by atoms with Gasteiger partial charge in [0.2, 0.25) is 15.9 Å². The van der Waals surface area contributed by atoms with Crippen LogP contribution in [0.5, 0.6) is 0 Å². The van der Waals surface area contributed by atoms with Gasteiger partial charge in [-0.1, -0.05) is 29.8 Å². The van der Waals surface area contributed by atoms with Crippen molar-refractivity contribution in [3.8, 4) is 0 Å². The molecule has 1 saturated heterocycles. The molecule has 0 saturated carbocycles. The summed E-state index contributed by atoms with van der Waals surface area (Å²) in [4.78, 5) is 13.8. The highest BCUT2D eigenvalue weighted by molar-refractivity contribution is 7.92. The molecular formula is C16H22N2O3S. The van der Waals surface area contributed by atoms with E-state index in [0.29, 0.717) is 13.1 Å². The third kappa shape index (κ3) is 4.68. The summed E-state index contributed by atoms with van der Waals surface area (Å²) in [6.07, 6.45) is 3.49. The van der Waals surface area contributed by atoms with Crippen LogP contribution >= 0.6 is 0 Å². The molecule has 1 N–H and O–H groups in total. The van der Waals surface area contributed by atoms with Crippen molar-refractivity contribution < 1.29 is 13.2 Å². The summed E-state index contributed by atoms with van der Waals surface area (Å²) in [5, 5.41) is 1.10. The van der Waals surface area contributed by atoms with Crippen LogP contribution in [0, 0.1) is 6.92 Å². The van der Waals surface area contributed by atoms with Gasteiger partial charge in [0.15, 0.2) is 0 Å². The fourth-order valence-electron chi connectivity index (χ4n) is 2.39. The Labute approximate surface area is 132 Å². The quantitative estimate of drug-likeness (QED) is 0.900. The van der Waals surface area contributed by atoms with Gasteiger partial charge in [0, 0.05) is 18.5 Å². The minimum Gasteiger partial charge on any atom is -0.341 e. The minimum atomic E-state index is -3.64. The monoisotopic (exact) mass is 322 g/mol. The maximum atomic E-state index is 12.1. The van der Waals surface area contributed by atoms with Crippen LogP contribution < -0.4 is 4.72 Å². The second-order valence-corrected chi connectivity index (χ2v) is 7.23. The van der Waals surface area contributed by atoms with E-state index < -0.39 is 16.1 Å². The van der Waals surface area contributed by atoms with Crippen molar-refractivity contribution in [1.29, 1.82) is 0 Å². The summed E-state index contributed by atoms with van der Waals surface area (Å²) in [6.45, 7) is 4.98.